The molecule has 62 heavy (non-hydrogen) atoms. The van der Waals surface area contributed by atoms with Crippen molar-refractivity contribution in [3.63, 3.8) is 0 Å². The summed E-state index contributed by atoms with van der Waals surface area (Å²) in [4.78, 5) is 18.7. The number of hydrogen-bond acceptors (Lipinski definition) is 4. The molecule has 13 rings (SSSR count). The van der Waals surface area contributed by atoms with Gasteiger partial charge in [0.2, 0.25) is 5.95 Å². The minimum Gasteiger partial charge on any atom is -0.309 e. The predicted octanol–water partition coefficient (Wildman–Crippen LogP) is 14.9. The van der Waals surface area contributed by atoms with E-state index in [0.29, 0.717) is 5.95 Å². The Morgan fingerprint density at radius 1 is 0.323 bits per heavy atom. The normalized spacial score (nSPS) is 12.2. The summed E-state index contributed by atoms with van der Waals surface area (Å²) in [6.07, 6.45) is 0. The van der Waals surface area contributed by atoms with Crippen molar-refractivity contribution in [2.24, 2.45) is 0 Å². The van der Waals surface area contributed by atoms with Gasteiger partial charge in [-0.15, -0.1) is 0 Å². The van der Waals surface area contributed by atoms with Gasteiger partial charge < -0.3 is 4.57 Å². The summed E-state index contributed by atoms with van der Waals surface area (Å²) in [5, 5.41) is 6.74. The van der Waals surface area contributed by atoms with Gasteiger partial charge in [-0.25, -0.2) is 15.0 Å². The van der Waals surface area contributed by atoms with E-state index in [-0.39, 0.29) is 0 Å². The van der Waals surface area contributed by atoms with Crippen molar-refractivity contribution in [1.29, 1.82) is 0 Å². The predicted molar refractivity (Wildman–Crippen MR) is 257 cm³/mol. The minimum absolute atomic E-state index is 0.604. The van der Waals surface area contributed by atoms with Crippen molar-refractivity contribution in [2.75, 3.05) is 4.90 Å². The van der Waals surface area contributed by atoms with E-state index in [1.54, 1.807) is 0 Å². The summed E-state index contributed by atoms with van der Waals surface area (Å²) in [5.41, 5.74) is 15.7. The van der Waals surface area contributed by atoms with Gasteiger partial charge in [0, 0.05) is 43.7 Å². The highest BCUT2D eigenvalue weighted by Gasteiger charge is 2.31. The van der Waals surface area contributed by atoms with E-state index in [9.17, 15) is 0 Å². The van der Waals surface area contributed by atoms with Gasteiger partial charge in [-0.05, 0) is 88.3 Å². The Hall–Kier alpha value is -8.41. The summed E-state index contributed by atoms with van der Waals surface area (Å²) < 4.78 is 2.36. The maximum absolute atomic E-state index is 5.60. The molecule has 4 heterocycles. The Bertz CT molecular complexity index is 3750. The van der Waals surface area contributed by atoms with Gasteiger partial charge in [0.05, 0.1) is 44.8 Å². The molecule has 0 fully saturated rings. The van der Waals surface area contributed by atoms with E-state index in [4.69, 9.17) is 15.0 Å². The number of fused-ring (bicyclic) bond motifs is 8. The van der Waals surface area contributed by atoms with Crippen LogP contribution in [0.5, 0.6) is 0 Å². The van der Waals surface area contributed by atoms with Gasteiger partial charge in [0.25, 0.3) is 0 Å². The first kappa shape index (κ1) is 34.5. The number of benzene rings is 9. The third kappa shape index (κ3) is 5.25. The summed E-state index contributed by atoms with van der Waals surface area (Å²) in [6, 6.07) is 75.5. The van der Waals surface area contributed by atoms with Crippen molar-refractivity contribution in [3.05, 3.63) is 212 Å². The van der Waals surface area contributed by atoms with Crippen LogP contribution in [-0.2, 0) is 0 Å². The molecule has 0 saturated carbocycles. The molecule has 12 aromatic rings. The van der Waals surface area contributed by atoms with E-state index in [2.05, 4.69) is 222 Å². The Morgan fingerprint density at radius 2 is 0.952 bits per heavy atom. The number of anilines is 3. The number of hydrogen-bond donors (Lipinski definition) is 0. The number of para-hydroxylation sites is 3. The first-order chi connectivity index (χ1) is 30.7. The van der Waals surface area contributed by atoms with Crippen molar-refractivity contribution in [1.82, 2.24) is 19.5 Å². The van der Waals surface area contributed by atoms with Crippen LogP contribution >= 0.6 is 0 Å². The van der Waals surface area contributed by atoms with Crippen molar-refractivity contribution >= 4 is 71.7 Å². The lowest BCUT2D eigenvalue weighted by Gasteiger charge is -2.32. The van der Waals surface area contributed by atoms with Crippen LogP contribution in [0.1, 0.15) is 0 Å². The standard InChI is InChI=1S/C57H35N5/c1-4-15-36(16-5-1)38-28-31-49-46(33-38)44-23-14-26-52-54(44)56(58-49)47-34-39(37-17-6-2-7-18-37)29-32-51(47)62(52)57-59-48-24-12-10-22-45(48)55(60-57)40-27-30-43-42-21-11-13-25-50(42)61(53(43)35-40)41-19-8-3-9-20-41/h1-35H. The number of rotatable bonds is 5. The highest BCUT2D eigenvalue weighted by molar-refractivity contribution is 6.21. The Balaban J connectivity index is 1.08. The molecular formula is C57H35N5. The molecule has 0 saturated heterocycles. The number of aromatic nitrogens is 4. The molecule has 0 unspecified atom stereocenters. The monoisotopic (exact) mass is 789 g/mol. The lowest BCUT2D eigenvalue weighted by atomic mass is 9.90. The SMILES string of the molecule is c1ccc(-c2ccc3c(c2)-c2nc4ccc(-c5ccccc5)cc4c4cccc(c24)N3c2nc(-c3ccc4c5ccccc5n(-c5ccccc5)c4c3)c3ccccc3n2)cc1. The summed E-state index contributed by atoms with van der Waals surface area (Å²) in [5.74, 6) is 0.604. The molecule has 1 aliphatic rings. The zero-order chi connectivity index (χ0) is 40.7. The molecule has 1 aliphatic heterocycles. The Kier molecular flexibility index (Phi) is 7.54. The lowest BCUT2D eigenvalue weighted by Crippen LogP contribution is -2.18. The van der Waals surface area contributed by atoms with E-state index in [0.717, 1.165) is 94.4 Å². The van der Waals surface area contributed by atoms with Gasteiger partial charge in [-0.1, -0.05) is 152 Å². The van der Waals surface area contributed by atoms with Gasteiger partial charge in [-0.2, -0.15) is 0 Å². The fourth-order valence-corrected chi connectivity index (χ4v) is 9.66. The Labute approximate surface area is 357 Å². The Morgan fingerprint density at radius 3 is 1.76 bits per heavy atom. The van der Waals surface area contributed by atoms with Crippen LogP contribution in [0.4, 0.5) is 17.3 Å². The first-order valence-electron chi connectivity index (χ1n) is 21.0. The smallest absolute Gasteiger partial charge is 0.235 e. The van der Waals surface area contributed by atoms with Gasteiger partial charge >= 0.3 is 0 Å². The molecule has 0 bridgehead atoms. The van der Waals surface area contributed by atoms with Crippen LogP contribution in [0.15, 0.2) is 212 Å². The molecule has 0 atom stereocenters. The lowest BCUT2D eigenvalue weighted by molar-refractivity contribution is 1.11. The van der Waals surface area contributed by atoms with Crippen LogP contribution in [0.25, 0.3) is 105 Å². The summed E-state index contributed by atoms with van der Waals surface area (Å²) in [6.45, 7) is 0. The molecule has 9 aromatic carbocycles. The fraction of sp³-hybridized carbons (Fsp3) is 0. The van der Waals surface area contributed by atoms with E-state index in [1.807, 2.05) is 0 Å². The maximum atomic E-state index is 5.60. The van der Waals surface area contributed by atoms with Gasteiger partial charge in [0.15, 0.2) is 0 Å². The largest absolute Gasteiger partial charge is 0.309 e. The number of nitrogens with zero attached hydrogens (tertiary/aromatic N) is 5. The van der Waals surface area contributed by atoms with E-state index < -0.39 is 0 Å². The van der Waals surface area contributed by atoms with Gasteiger partial charge in [0.1, 0.15) is 0 Å². The second-order valence-electron chi connectivity index (χ2n) is 16.0. The maximum Gasteiger partial charge on any atom is 0.235 e. The molecule has 288 valence electrons. The van der Waals surface area contributed by atoms with Gasteiger partial charge in [-0.3, -0.25) is 4.90 Å². The molecule has 0 amide bonds. The van der Waals surface area contributed by atoms with Crippen LogP contribution in [0.2, 0.25) is 0 Å². The summed E-state index contributed by atoms with van der Waals surface area (Å²) >= 11 is 0. The zero-order valence-electron chi connectivity index (χ0n) is 33.4. The molecule has 0 N–H and O–H groups in total. The van der Waals surface area contributed by atoms with E-state index >= 15 is 0 Å². The highest BCUT2D eigenvalue weighted by atomic mass is 15.3. The second kappa shape index (κ2) is 13.6. The second-order valence-corrected chi connectivity index (χ2v) is 16.0. The minimum atomic E-state index is 0.604. The molecule has 0 radical (unpaired) electrons. The van der Waals surface area contributed by atoms with Crippen molar-refractivity contribution in [3.8, 4) is 50.5 Å². The van der Waals surface area contributed by atoms with Crippen LogP contribution in [0.3, 0.4) is 0 Å². The molecule has 3 aromatic heterocycles. The van der Waals surface area contributed by atoms with Crippen molar-refractivity contribution in [2.45, 2.75) is 0 Å². The van der Waals surface area contributed by atoms with Crippen LogP contribution < -0.4 is 4.90 Å². The molecular weight excluding hydrogens is 755 g/mol. The molecule has 0 spiro atoms. The van der Waals surface area contributed by atoms with E-state index in [1.165, 1.54) is 21.9 Å². The summed E-state index contributed by atoms with van der Waals surface area (Å²) in [7, 11) is 0. The topological polar surface area (TPSA) is 46.8 Å². The zero-order valence-corrected chi connectivity index (χ0v) is 33.4. The highest BCUT2D eigenvalue weighted by Crippen LogP contribution is 2.52. The average Bonchev–Trinajstić information content (AvgIpc) is 3.68. The first-order valence-corrected chi connectivity index (χ1v) is 21.0. The molecule has 0 aliphatic carbocycles. The van der Waals surface area contributed by atoms with Crippen LogP contribution in [0, 0.1) is 0 Å². The quantitative estimate of drug-likeness (QED) is 0.163. The third-order valence-corrected chi connectivity index (χ3v) is 12.5. The molecule has 5 nitrogen and oxygen atoms in total. The molecule has 5 heteroatoms. The third-order valence-electron chi connectivity index (χ3n) is 12.5. The average molecular weight is 790 g/mol. The fourth-order valence-electron chi connectivity index (χ4n) is 9.66. The van der Waals surface area contributed by atoms with Crippen molar-refractivity contribution < 1.29 is 0 Å². The van der Waals surface area contributed by atoms with Crippen LogP contribution in [-0.4, -0.2) is 19.5 Å². The number of pyridine rings is 1.